The van der Waals surface area contributed by atoms with Crippen molar-refractivity contribution in [1.29, 1.82) is 0 Å². The van der Waals surface area contributed by atoms with Gasteiger partial charge in [0.1, 0.15) is 5.82 Å². The minimum absolute atomic E-state index is 0.335. The highest BCUT2D eigenvalue weighted by atomic mass is 35.5. The van der Waals surface area contributed by atoms with Crippen LogP contribution in [-0.4, -0.2) is 33.7 Å². The molecule has 0 spiro atoms. The highest BCUT2D eigenvalue weighted by molar-refractivity contribution is 7.90. The van der Waals surface area contributed by atoms with Crippen LogP contribution in [0.5, 0.6) is 0 Å². The smallest absolute Gasteiger partial charge is 0.191 e. The third-order valence-electron chi connectivity index (χ3n) is 4.10. The number of nitrogens with zero attached hydrogens (tertiary/aromatic N) is 1. The molecular weight excluding hydrogens is 401 g/mol. The lowest BCUT2D eigenvalue weighted by Crippen LogP contribution is -2.38. The van der Waals surface area contributed by atoms with Crippen LogP contribution in [0.1, 0.15) is 23.6 Å². The van der Waals surface area contributed by atoms with Crippen molar-refractivity contribution in [3.63, 3.8) is 0 Å². The first kappa shape index (κ1) is 22.2. The fraction of sp³-hybridized carbons (Fsp3) is 0.350. The maximum absolute atomic E-state index is 13.1. The molecular formula is C20H25ClFN3O2S. The van der Waals surface area contributed by atoms with Gasteiger partial charge in [-0.25, -0.2) is 17.8 Å². The second-order valence-electron chi connectivity index (χ2n) is 6.48. The van der Waals surface area contributed by atoms with Crippen LogP contribution in [0.25, 0.3) is 0 Å². The minimum atomic E-state index is -3.23. The number of aliphatic imine (C=N–C) groups is 1. The number of nitrogens with one attached hydrogen (secondary N) is 2. The molecule has 0 saturated heterocycles. The first-order valence-corrected chi connectivity index (χ1v) is 11.2. The number of aryl methyl sites for hydroxylation is 1. The van der Waals surface area contributed by atoms with E-state index in [-0.39, 0.29) is 5.82 Å². The van der Waals surface area contributed by atoms with Crippen molar-refractivity contribution in [2.24, 2.45) is 4.99 Å². The van der Waals surface area contributed by atoms with Gasteiger partial charge in [0.05, 0.1) is 11.4 Å². The highest BCUT2D eigenvalue weighted by Gasteiger charge is 2.10. The van der Waals surface area contributed by atoms with E-state index in [1.165, 1.54) is 18.4 Å². The standard InChI is InChI=1S/C20H25ClFN3O2S/c1-4-23-20(24-10-9-16-6-7-17(22)12-18(16)21)25-13-15-5-8-19(14(2)11-15)28(3,26)27/h5-8,11-12H,4,9-10,13H2,1-3H3,(H2,23,24,25). The Bertz CT molecular complexity index is 962. The second kappa shape index (κ2) is 9.89. The minimum Gasteiger partial charge on any atom is -0.357 e. The molecule has 2 N–H and O–H groups in total. The van der Waals surface area contributed by atoms with Gasteiger partial charge in [-0.2, -0.15) is 0 Å². The molecule has 0 amide bonds. The number of guanidine groups is 1. The zero-order valence-electron chi connectivity index (χ0n) is 16.2. The molecule has 0 aliphatic rings. The van der Waals surface area contributed by atoms with Crippen LogP contribution < -0.4 is 10.6 Å². The van der Waals surface area contributed by atoms with E-state index < -0.39 is 9.84 Å². The molecule has 0 aliphatic heterocycles. The summed E-state index contributed by atoms with van der Waals surface area (Å²) in [6.07, 6.45) is 1.83. The van der Waals surface area contributed by atoms with E-state index in [1.807, 2.05) is 13.0 Å². The topological polar surface area (TPSA) is 70.6 Å². The molecule has 0 radical (unpaired) electrons. The molecule has 152 valence electrons. The number of benzene rings is 2. The summed E-state index contributed by atoms with van der Waals surface area (Å²) in [6.45, 7) is 5.45. The summed E-state index contributed by atoms with van der Waals surface area (Å²) < 4.78 is 36.5. The van der Waals surface area contributed by atoms with E-state index in [0.717, 1.165) is 11.1 Å². The third-order valence-corrected chi connectivity index (χ3v) is 5.71. The normalized spacial score (nSPS) is 12.1. The van der Waals surface area contributed by atoms with Crippen LogP contribution in [0, 0.1) is 12.7 Å². The van der Waals surface area contributed by atoms with Gasteiger partial charge >= 0.3 is 0 Å². The second-order valence-corrected chi connectivity index (χ2v) is 8.87. The van der Waals surface area contributed by atoms with Crippen molar-refractivity contribution in [1.82, 2.24) is 10.6 Å². The van der Waals surface area contributed by atoms with E-state index in [4.69, 9.17) is 11.6 Å². The fourth-order valence-electron chi connectivity index (χ4n) is 2.78. The Morgan fingerprint density at radius 3 is 2.54 bits per heavy atom. The van der Waals surface area contributed by atoms with Crippen LogP contribution in [0.3, 0.4) is 0 Å². The number of rotatable bonds is 7. The lowest BCUT2D eigenvalue weighted by molar-refractivity contribution is 0.601. The Labute approximate surface area is 170 Å². The number of sulfone groups is 1. The van der Waals surface area contributed by atoms with E-state index in [0.29, 0.717) is 47.5 Å². The van der Waals surface area contributed by atoms with Gasteiger partial charge in [-0.05, 0) is 55.2 Å². The van der Waals surface area contributed by atoms with Gasteiger partial charge in [0.2, 0.25) is 0 Å². The van der Waals surface area contributed by atoms with Crippen LogP contribution >= 0.6 is 11.6 Å². The Balaban J connectivity index is 2.01. The summed E-state index contributed by atoms with van der Waals surface area (Å²) in [6, 6.07) is 9.60. The van der Waals surface area contributed by atoms with Crippen LogP contribution in [0.2, 0.25) is 5.02 Å². The van der Waals surface area contributed by atoms with Gasteiger partial charge in [-0.15, -0.1) is 0 Å². The van der Waals surface area contributed by atoms with Gasteiger partial charge in [0, 0.05) is 24.4 Å². The maximum atomic E-state index is 13.1. The molecule has 2 rings (SSSR count). The first-order chi connectivity index (χ1) is 13.2. The van der Waals surface area contributed by atoms with Crippen molar-refractivity contribution in [3.05, 3.63) is 63.9 Å². The van der Waals surface area contributed by atoms with Crippen LogP contribution in [0.4, 0.5) is 4.39 Å². The van der Waals surface area contributed by atoms with Crippen molar-refractivity contribution < 1.29 is 12.8 Å². The first-order valence-electron chi connectivity index (χ1n) is 8.96. The third kappa shape index (κ3) is 6.49. The van der Waals surface area contributed by atoms with Crippen molar-refractivity contribution >= 4 is 27.4 Å². The summed E-state index contributed by atoms with van der Waals surface area (Å²) in [5.41, 5.74) is 2.49. The fourth-order valence-corrected chi connectivity index (χ4v) is 4.00. The molecule has 0 heterocycles. The molecule has 0 aromatic heterocycles. The lowest BCUT2D eigenvalue weighted by Gasteiger charge is -2.12. The van der Waals surface area contributed by atoms with Crippen molar-refractivity contribution in [2.75, 3.05) is 19.3 Å². The van der Waals surface area contributed by atoms with Crippen molar-refractivity contribution in [3.8, 4) is 0 Å². The van der Waals surface area contributed by atoms with Gasteiger partial charge in [-0.1, -0.05) is 29.8 Å². The zero-order chi connectivity index (χ0) is 20.7. The monoisotopic (exact) mass is 425 g/mol. The predicted molar refractivity (Wildman–Crippen MR) is 112 cm³/mol. The van der Waals surface area contributed by atoms with Crippen molar-refractivity contribution in [2.45, 2.75) is 31.7 Å². The molecule has 28 heavy (non-hydrogen) atoms. The van der Waals surface area contributed by atoms with Gasteiger partial charge in [0.25, 0.3) is 0 Å². The Morgan fingerprint density at radius 1 is 1.18 bits per heavy atom. The molecule has 0 saturated carbocycles. The molecule has 0 aliphatic carbocycles. The average Bonchev–Trinajstić information content (AvgIpc) is 2.60. The average molecular weight is 426 g/mol. The Morgan fingerprint density at radius 2 is 1.93 bits per heavy atom. The number of halogens is 2. The van der Waals surface area contributed by atoms with Gasteiger partial charge in [0.15, 0.2) is 15.8 Å². The molecule has 2 aromatic rings. The van der Waals surface area contributed by atoms with Crippen LogP contribution in [0.15, 0.2) is 46.3 Å². The summed E-state index contributed by atoms with van der Waals surface area (Å²) in [4.78, 5) is 4.87. The summed E-state index contributed by atoms with van der Waals surface area (Å²) in [5.74, 6) is 0.291. The highest BCUT2D eigenvalue weighted by Crippen LogP contribution is 2.18. The molecule has 0 bridgehead atoms. The summed E-state index contributed by atoms with van der Waals surface area (Å²) >= 11 is 6.05. The molecule has 5 nitrogen and oxygen atoms in total. The van der Waals surface area contributed by atoms with Gasteiger partial charge in [-0.3, -0.25) is 0 Å². The lowest BCUT2D eigenvalue weighted by atomic mass is 10.1. The SMILES string of the molecule is CCNC(=NCc1ccc(S(C)(=O)=O)c(C)c1)NCCc1ccc(F)cc1Cl. The molecule has 0 unspecified atom stereocenters. The van der Waals surface area contributed by atoms with E-state index in [2.05, 4.69) is 15.6 Å². The number of hydrogen-bond acceptors (Lipinski definition) is 3. The van der Waals surface area contributed by atoms with E-state index >= 15 is 0 Å². The number of hydrogen-bond donors (Lipinski definition) is 2. The Hall–Kier alpha value is -2.12. The zero-order valence-corrected chi connectivity index (χ0v) is 17.8. The maximum Gasteiger partial charge on any atom is 0.191 e. The summed E-state index contributed by atoms with van der Waals surface area (Å²) in [7, 11) is -3.23. The van der Waals surface area contributed by atoms with E-state index in [1.54, 1.807) is 25.1 Å². The van der Waals surface area contributed by atoms with E-state index in [9.17, 15) is 12.8 Å². The molecule has 0 atom stereocenters. The predicted octanol–water partition coefficient (Wildman–Crippen LogP) is 3.49. The molecule has 2 aromatic carbocycles. The summed E-state index contributed by atoms with van der Waals surface area (Å²) in [5, 5.41) is 6.79. The molecule has 0 fully saturated rings. The quantitative estimate of drug-likeness (QED) is 0.526. The van der Waals surface area contributed by atoms with Gasteiger partial charge < -0.3 is 10.6 Å². The molecule has 8 heteroatoms. The Kier molecular flexibility index (Phi) is 7.83. The largest absolute Gasteiger partial charge is 0.357 e. The van der Waals surface area contributed by atoms with Crippen LogP contribution in [-0.2, 0) is 22.8 Å².